The number of nitrogens with two attached hydrogens (primary N) is 1. The number of anilines is 1. The van der Waals surface area contributed by atoms with Crippen molar-refractivity contribution < 1.29 is 0 Å². The Morgan fingerprint density at radius 2 is 1.90 bits per heavy atom. The maximum Gasteiger partial charge on any atom is 0.181 e. The van der Waals surface area contributed by atoms with Crippen molar-refractivity contribution in [2.24, 2.45) is 0 Å². The van der Waals surface area contributed by atoms with Crippen LogP contribution in [0, 0.1) is 0 Å². The van der Waals surface area contributed by atoms with E-state index in [1.54, 1.807) is 11.3 Å². The summed E-state index contributed by atoms with van der Waals surface area (Å²) >= 11 is 9.29. The number of nitrogens with zero attached hydrogens (tertiary/aromatic N) is 2. The van der Waals surface area contributed by atoms with Gasteiger partial charge in [0.15, 0.2) is 5.13 Å². The van der Waals surface area contributed by atoms with E-state index >= 15 is 0 Å². The number of benzene rings is 2. The Bertz CT molecular complexity index is 942. The molecule has 0 aliphatic carbocycles. The molecule has 2 aromatic heterocycles. The van der Waals surface area contributed by atoms with Crippen LogP contribution in [0.3, 0.4) is 0 Å². The van der Waals surface area contributed by atoms with Crippen molar-refractivity contribution in [2.45, 2.75) is 0 Å². The van der Waals surface area contributed by atoms with Gasteiger partial charge < -0.3 is 5.73 Å². The summed E-state index contributed by atoms with van der Waals surface area (Å²) in [6, 6.07) is 11.9. The van der Waals surface area contributed by atoms with Gasteiger partial charge in [0.05, 0.1) is 25.5 Å². The molecule has 4 aromatic rings. The van der Waals surface area contributed by atoms with Gasteiger partial charge in [-0.1, -0.05) is 29.0 Å². The first-order valence-corrected chi connectivity index (χ1v) is 7.93. The van der Waals surface area contributed by atoms with Crippen LogP contribution in [-0.2, 0) is 0 Å². The third kappa shape index (κ3) is 1.86. The second-order valence-corrected chi connectivity index (χ2v) is 6.81. The minimum atomic E-state index is 0.587. The first-order valence-electron chi connectivity index (χ1n) is 5.92. The number of thiazole rings is 2. The van der Waals surface area contributed by atoms with E-state index in [1.165, 1.54) is 11.3 Å². The molecule has 0 amide bonds. The normalized spacial score (nSPS) is 11.4. The van der Waals surface area contributed by atoms with Crippen LogP contribution in [0.1, 0.15) is 0 Å². The van der Waals surface area contributed by atoms with Crippen LogP contribution in [0.5, 0.6) is 0 Å². The summed E-state index contributed by atoms with van der Waals surface area (Å²) in [5, 5.41) is 2.29. The molecule has 0 atom stereocenters. The van der Waals surface area contributed by atoms with Crippen LogP contribution in [0.25, 0.3) is 31.0 Å². The third-order valence-electron chi connectivity index (χ3n) is 3.02. The van der Waals surface area contributed by atoms with Crippen molar-refractivity contribution in [1.29, 1.82) is 0 Å². The molecule has 0 fully saturated rings. The standard InChI is InChI=1S/C14H8ClN3S2/c15-8-2-1-3-10-12(8)20-13(17-10)7-4-5-9-11(6-7)19-14(16)18-9/h1-6H,(H2,16,18). The zero-order valence-electron chi connectivity index (χ0n) is 10.1. The molecule has 0 saturated carbocycles. The van der Waals surface area contributed by atoms with Gasteiger partial charge >= 0.3 is 0 Å². The fourth-order valence-corrected chi connectivity index (χ4v) is 4.14. The fourth-order valence-electron chi connectivity index (χ4n) is 2.11. The largest absolute Gasteiger partial charge is 0.375 e. The van der Waals surface area contributed by atoms with Gasteiger partial charge in [0, 0.05) is 5.56 Å². The highest BCUT2D eigenvalue weighted by Gasteiger charge is 2.10. The van der Waals surface area contributed by atoms with Gasteiger partial charge in [-0.15, -0.1) is 11.3 Å². The number of hydrogen-bond donors (Lipinski definition) is 1. The second kappa shape index (κ2) is 4.41. The summed E-state index contributed by atoms with van der Waals surface area (Å²) in [5.41, 5.74) is 8.66. The maximum absolute atomic E-state index is 6.20. The minimum absolute atomic E-state index is 0.587. The molecule has 20 heavy (non-hydrogen) atoms. The van der Waals surface area contributed by atoms with Crippen molar-refractivity contribution in [3.05, 3.63) is 41.4 Å². The molecular weight excluding hydrogens is 310 g/mol. The lowest BCUT2D eigenvalue weighted by Gasteiger charge is -1.94. The van der Waals surface area contributed by atoms with E-state index in [9.17, 15) is 0 Å². The number of hydrogen-bond acceptors (Lipinski definition) is 5. The van der Waals surface area contributed by atoms with Gasteiger partial charge in [0.25, 0.3) is 0 Å². The molecule has 2 aromatic carbocycles. The number of fused-ring (bicyclic) bond motifs is 2. The molecule has 0 unspecified atom stereocenters. The Kier molecular flexibility index (Phi) is 2.66. The average Bonchev–Trinajstić information content (AvgIpc) is 3.00. The Morgan fingerprint density at radius 1 is 1.00 bits per heavy atom. The smallest absolute Gasteiger partial charge is 0.181 e. The molecule has 0 aliphatic heterocycles. The quantitative estimate of drug-likeness (QED) is 0.548. The Labute approximate surface area is 127 Å². The average molecular weight is 318 g/mol. The fraction of sp³-hybridized carbons (Fsp3) is 0. The van der Waals surface area contributed by atoms with E-state index in [4.69, 9.17) is 17.3 Å². The number of rotatable bonds is 1. The molecule has 0 saturated heterocycles. The van der Waals surface area contributed by atoms with E-state index in [1.807, 2.05) is 30.3 Å². The molecule has 3 nitrogen and oxygen atoms in total. The van der Waals surface area contributed by atoms with Crippen molar-refractivity contribution in [1.82, 2.24) is 9.97 Å². The lowest BCUT2D eigenvalue weighted by atomic mass is 10.2. The summed E-state index contributed by atoms with van der Waals surface area (Å²) in [6.07, 6.45) is 0. The number of nitrogen functional groups attached to an aromatic ring is 1. The van der Waals surface area contributed by atoms with E-state index in [0.717, 1.165) is 36.0 Å². The van der Waals surface area contributed by atoms with E-state index in [-0.39, 0.29) is 0 Å². The van der Waals surface area contributed by atoms with Crippen LogP contribution in [0.4, 0.5) is 5.13 Å². The molecule has 0 bridgehead atoms. The first-order chi connectivity index (χ1) is 9.70. The lowest BCUT2D eigenvalue weighted by molar-refractivity contribution is 1.47. The molecule has 0 radical (unpaired) electrons. The molecule has 98 valence electrons. The van der Waals surface area contributed by atoms with Gasteiger partial charge in [0.1, 0.15) is 5.01 Å². The Balaban J connectivity index is 1.93. The molecule has 2 N–H and O–H groups in total. The summed E-state index contributed by atoms with van der Waals surface area (Å²) < 4.78 is 2.10. The highest BCUT2D eigenvalue weighted by molar-refractivity contribution is 7.23. The predicted octanol–water partition coefficient (Wildman–Crippen LogP) is 4.81. The lowest BCUT2D eigenvalue weighted by Crippen LogP contribution is -1.79. The van der Waals surface area contributed by atoms with Crippen molar-refractivity contribution >= 4 is 59.8 Å². The Hall–Kier alpha value is -1.69. The molecule has 2 heterocycles. The van der Waals surface area contributed by atoms with Gasteiger partial charge in [-0.25, -0.2) is 9.97 Å². The molecule has 0 aliphatic rings. The van der Waals surface area contributed by atoms with Gasteiger partial charge in [-0.05, 0) is 30.3 Å². The summed E-state index contributed by atoms with van der Waals surface area (Å²) in [6.45, 7) is 0. The molecule has 0 spiro atoms. The molecular formula is C14H8ClN3S2. The topological polar surface area (TPSA) is 51.8 Å². The monoisotopic (exact) mass is 317 g/mol. The van der Waals surface area contributed by atoms with Crippen molar-refractivity contribution in [3.63, 3.8) is 0 Å². The minimum Gasteiger partial charge on any atom is -0.375 e. The maximum atomic E-state index is 6.20. The van der Waals surface area contributed by atoms with E-state index < -0.39 is 0 Å². The summed E-state index contributed by atoms with van der Waals surface area (Å²) in [7, 11) is 0. The van der Waals surface area contributed by atoms with Crippen LogP contribution < -0.4 is 5.73 Å². The van der Waals surface area contributed by atoms with E-state index in [2.05, 4.69) is 16.0 Å². The van der Waals surface area contributed by atoms with Crippen LogP contribution >= 0.6 is 34.3 Å². The second-order valence-electron chi connectivity index (χ2n) is 4.34. The molecule has 4 rings (SSSR count). The zero-order chi connectivity index (χ0) is 13.7. The van der Waals surface area contributed by atoms with Crippen LogP contribution in [0.2, 0.25) is 5.02 Å². The van der Waals surface area contributed by atoms with Gasteiger partial charge in [-0.3, -0.25) is 0 Å². The van der Waals surface area contributed by atoms with Crippen molar-refractivity contribution in [2.75, 3.05) is 5.73 Å². The number of aromatic nitrogens is 2. The zero-order valence-corrected chi connectivity index (χ0v) is 12.5. The first kappa shape index (κ1) is 12.1. The SMILES string of the molecule is Nc1nc2ccc(-c3nc4cccc(Cl)c4s3)cc2s1. The summed E-state index contributed by atoms with van der Waals surface area (Å²) in [5.74, 6) is 0. The highest BCUT2D eigenvalue weighted by Crippen LogP contribution is 2.36. The molecule has 6 heteroatoms. The highest BCUT2D eigenvalue weighted by atomic mass is 35.5. The van der Waals surface area contributed by atoms with E-state index in [0.29, 0.717) is 5.13 Å². The van der Waals surface area contributed by atoms with Crippen LogP contribution in [0.15, 0.2) is 36.4 Å². The van der Waals surface area contributed by atoms with Crippen LogP contribution in [-0.4, -0.2) is 9.97 Å². The third-order valence-corrected chi connectivity index (χ3v) is 5.45. The van der Waals surface area contributed by atoms with Gasteiger partial charge in [-0.2, -0.15) is 0 Å². The van der Waals surface area contributed by atoms with Gasteiger partial charge in [0.2, 0.25) is 0 Å². The Morgan fingerprint density at radius 3 is 2.75 bits per heavy atom. The number of halogens is 1. The predicted molar refractivity (Wildman–Crippen MR) is 87.7 cm³/mol. The summed E-state index contributed by atoms with van der Waals surface area (Å²) in [4.78, 5) is 8.91. The van der Waals surface area contributed by atoms with Crippen molar-refractivity contribution in [3.8, 4) is 10.6 Å².